The molecule has 2 aromatic rings. The molecule has 0 amide bonds. The molecule has 0 N–H and O–H groups in total. The molecule has 0 aliphatic carbocycles. The van der Waals surface area contributed by atoms with Gasteiger partial charge in [-0.1, -0.05) is 0 Å². The van der Waals surface area contributed by atoms with Crippen LogP contribution in [0.15, 0.2) is 35.1 Å². The van der Waals surface area contributed by atoms with Crippen LogP contribution < -0.4 is 5.56 Å². The van der Waals surface area contributed by atoms with E-state index in [0.717, 1.165) is 22.9 Å². The lowest BCUT2D eigenvalue weighted by atomic mass is 10.1. The maximum atomic E-state index is 13.4. The number of ketones is 1. The topological polar surface area (TPSA) is 52.0 Å². The minimum absolute atomic E-state index is 0.393. The number of carbonyl (C=O) groups excluding carboxylic acids is 1. The monoisotopic (exact) mass is 264 g/mol. The van der Waals surface area contributed by atoms with Crippen LogP contribution in [0.2, 0.25) is 0 Å². The van der Waals surface area contributed by atoms with Gasteiger partial charge in [0.25, 0.3) is 5.56 Å². The molecule has 98 valence electrons. The summed E-state index contributed by atoms with van der Waals surface area (Å²) in [5.74, 6) is -2.25. The van der Waals surface area contributed by atoms with Crippen molar-refractivity contribution in [2.75, 3.05) is 0 Å². The second-order valence-corrected chi connectivity index (χ2v) is 4.02. The van der Waals surface area contributed by atoms with Crippen molar-refractivity contribution in [3.05, 3.63) is 63.6 Å². The fraction of sp³-hybridized carbons (Fsp3) is 0.154. The molecule has 19 heavy (non-hydrogen) atoms. The van der Waals surface area contributed by atoms with Crippen molar-refractivity contribution in [2.24, 2.45) is 0 Å². The van der Waals surface area contributed by atoms with Gasteiger partial charge in [-0.2, -0.15) is 5.10 Å². The van der Waals surface area contributed by atoms with Crippen LogP contribution in [0.25, 0.3) is 0 Å². The van der Waals surface area contributed by atoms with Gasteiger partial charge in [-0.3, -0.25) is 9.59 Å². The molecule has 6 heteroatoms. The van der Waals surface area contributed by atoms with Gasteiger partial charge in [0.1, 0.15) is 18.2 Å². The summed E-state index contributed by atoms with van der Waals surface area (Å²) in [6, 6.07) is 5.36. The standard InChI is InChI=1S/C13H10F2N2O2/c1-8-2-5-13(19)17(16-8)7-12(18)10-6-9(14)3-4-11(10)15/h2-6H,7H2,1H3. The third-order valence-electron chi connectivity index (χ3n) is 2.52. The van der Waals surface area contributed by atoms with E-state index >= 15 is 0 Å². The highest BCUT2D eigenvalue weighted by atomic mass is 19.1. The number of Topliss-reactive ketones (excluding diaryl/α,β-unsaturated/α-hetero) is 1. The quantitative estimate of drug-likeness (QED) is 0.793. The lowest BCUT2D eigenvalue weighted by Gasteiger charge is -2.05. The van der Waals surface area contributed by atoms with E-state index in [1.807, 2.05) is 0 Å². The average Bonchev–Trinajstić information content (AvgIpc) is 2.36. The zero-order valence-electron chi connectivity index (χ0n) is 10.1. The summed E-state index contributed by atoms with van der Waals surface area (Å²) < 4.78 is 27.3. The van der Waals surface area contributed by atoms with Gasteiger partial charge in [0, 0.05) is 6.07 Å². The van der Waals surface area contributed by atoms with Crippen molar-refractivity contribution < 1.29 is 13.6 Å². The van der Waals surface area contributed by atoms with E-state index in [2.05, 4.69) is 5.10 Å². The van der Waals surface area contributed by atoms with E-state index in [4.69, 9.17) is 0 Å². The van der Waals surface area contributed by atoms with Gasteiger partial charge in [-0.15, -0.1) is 0 Å². The van der Waals surface area contributed by atoms with Crippen molar-refractivity contribution in [1.29, 1.82) is 0 Å². The van der Waals surface area contributed by atoms with Crippen LogP contribution in [0.1, 0.15) is 16.1 Å². The minimum Gasteiger partial charge on any atom is -0.292 e. The Bertz CT molecular complexity index is 695. The Kier molecular flexibility index (Phi) is 3.50. The van der Waals surface area contributed by atoms with E-state index in [9.17, 15) is 18.4 Å². The number of carbonyl (C=O) groups is 1. The second-order valence-electron chi connectivity index (χ2n) is 4.02. The first-order valence-corrected chi connectivity index (χ1v) is 5.50. The molecule has 0 radical (unpaired) electrons. The summed E-state index contributed by atoms with van der Waals surface area (Å²) in [7, 11) is 0. The fourth-order valence-electron chi connectivity index (χ4n) is 1.60. The molecular formula is C13H10F2N2O2. The smallest absolute Gasteiger partial charge is 0.267 e. The molecule has 1 aromatic carbocycles. The number of halogens is 2. The van der Waals surface area contributed by atoms with E-state index in [0.29, 0.717) is 5.69 Å². The van der Waals surface area contributed by atoms with Crippen molar-refractivity contribution in [2.45, 2.75) is 13.5 Å². The van der Waals surface area contributed by atoms with Crippen LogP contribution in [0.5, 0.6) is 0 Å². The molecule has 0 aliphatic heterocycles. The summed E-state index contributed by atoms with van der Waals surface area (Å²) in [6.07, 6.45) is 0. The molecule has 0 saturated carbocycles. The van der Waals surface area contributed by atoms with Gasteiger partial charge in [0.05, 0.1) is 11.3 Å². The number of aromatic nitrogens is 2. The van der Waals surface area contributed by atoms with Gasteiger partial charge in [0.2, 0.25) is 0 Å². The number of benzene rings is 1. The maximum Gasteiger partial charge on any atom is 0.267 e. The predicted octanol–water partition coefficient (Wildman–Crippen LogP) is 1.71. The molecule has 0 unspecified atom stereocenters. The molecule has 1 heterocycles. The van der Waals surface area contributed by atoms with Gasteiger partial charge < -0.3 is 0 Å². The molecule has 0 fully saturated rings. The van der Waals surface area contributed by atoms with E-state index < -0.39 is 35.1 Å². The first-order chi connectivity index (χ1) is 8.97. The molecule has 2 rings (SSSR count). The zero-order chi connectivity index (χ0) is 14.0. The summed E-state index contributed by atoms with van der Waals surface area (Å²) in [5, 5.41) is 3.86. The Labute approximate surface area is 107 Å². The summed E-state index contributed by atoms with van der Waals surface area (Å²) >= 11 is 0. The molecular weight excluding hydrogens is 254 g/mol. The Balaban J connectivity index is 2.33. The molecule has 4 nitrogen and oxygen atoms in total. The number of hydrogen-bond acceptors (Lipinski definition) is 3. The average molecular weight is 264 g/mol. The largest absolute Gasteiger partial charge is 0.292 e. The second kappa shape index (κ2) is 5.09. The first kappa shape index (κ1) is 13.1. The van der Waals surface area contributed by atoms with Gasteiger partial charge >= 0.3 is 0 Å². The Hall–Kier alpha value is -2.37. The van der Waals surface area contributed by atoms with E-state index in [-0.39, 0.29) is 0 Å². The highest BCUT2D eigenvalue weighted by molar-refractivity contribution is 5.96. The summed E-state index contributed by atoms with van der Waals surface area (Å²) in [4.78, 5) is 23.3. The van der Waals surface area contributed by atoms with Crippen molar-refractivity contribution in [3.8, 4) is 0 Å². The summed E-state index contributed by atoms with van der Waals surface area (Å²) in [6.45, 7) is 1.23. The number of hydrogen-bond donors (Lipinski definition) is 0. The molecule has 0 aliphatic rings. The van der Waals surface area contributed by atoms with Crippen LogP contribution in [-0.2, 0) is 6.54 Å². The number of aryl methyl sites for hydroxylation is 1. The molecule has 0 spiro atoms. The Morgan fingerprint density at radius 3 is 2.74 bits per heavy atom. The lowest BCUT2D eigenvalue weighted by molar-refractivity contribution is 0.0961. The first-order valence-electron chi connectivity index (χ1n) is 5.50. The van der Waals surface area contributed by atoms with Crippen molar-refractivity contribution in [1.82, 2.24) is 9.78 Å². The van der Waals surface area contributed by atoms with Gasteiger partial charge in [-0.05, 0) is 31.2 Å². The molecule has 0 atom stereocenters. The van der Waals surface area contributed by atoms with Crippen molar-refractivity contribution in [3.63, 3.8) is 0 Å². The number of rotatable bonds is 3. The predicted molar refractivity (Wildman–Crippen MR) is 63.9 cm³/mol. The normalized spacial score (nSPS) is 10.5. The molecule has 1 aromatic heterocycles. The highest BCUT2D eigenvalue weighted by Gasteiger charge is 2.14. The van der Waals surface area contributed by atoms with Crippen LogP contribution >= 0.6 is 0 Å². The van der Waals surface area contributed by atoms with Gasteiger partial charge in [0.15, 0.2) is 5.78 Å². The van der Waals surface area contributed by atoms with Gasteiger partial charge in [-0.25, -0.2) is 13.5 Å². The minimum atomic E-state index is -0.827. The molecule has 0 bridgehead atoms. The van der Waals surface area contributed by atoms with Crippen molar-refractivity contribution >= 4 is 5.78 Å². The molecule has 0 saturated heterocycles. The third kappa shape index (κ3) is 2.90. The number of nitrogens with zero attached hydrogens (tertiary/aromatic N) is 2. The Morgan fingerprint density at radius 2 is 2.00 bits per heavy atom. The maximum absolute atomic E-state index is 13.4. The van der Waals surface area contributed by atoms with Crippen LogP contribution in [0.3, 0.4) is 0 Å². The lowest BCUT2D eigenvalue weighted by Crippen LogP contribution is -2.26. The van der Waals surface area contributed by atoms with E-state index in [1.54, 1.807) is 6.92 Å². The van der Waals surface area contributed by atoms with Crippen LogP contribution in [0.4, 0.5) is 8.78 Å². The Morgan fingerprint density at radius 1 is 1.26 bits per heavy atom. The zero-order valence-corrected chi connectivity index (χ0v) is 10.1. The van der Waals surface area contributed by atoms with E-state index in [1.165, 1.54) is 12.1 Å². The highest BCUT2D eigenvalue weighted by Crippen LogP contribution is 2.10. The van der Waals surface area contributed by atoms with Crippen LogP contribution in [-0.4, -0.2) is 15.6 Å². The summed E-state index contributed by atoms with van der Waals surface area (Å²) in [5.41, 5.74) is -0.321. The SMILES string of the molecule is Cc1ccc(=O)n(CC(=O)c2cc(F)ccc2F)n1. The third-order valence-corrected chi connectivity index (χ3v) is 2.52. The fourth-order valence-corrected chi connectivity index (χ4v) is 1.60. The van der Waals surface area contributed by atoms with Crippen LogP contribution in [0, 0.1) is 18.6 Å².